The summed E-state index contributed by atoms with van der Waals surface area (Å²) < 4.78 is 5.40. The lowest BCUT2D eigenvalue weighted by Crippen LogP contribution is -2.03. The molecule has 0 aliphatic heterocycles. The maximum atomic E-state index is 5.40. The van der Waals surface area contributed by atoms with Gasteiger partial charge in [0.1, 0.15) is 5.58 Å². The Morgan fingerprint density at radius 1 is 1.43 bits per heavy atom. The number of aryl methyl sites for hydroxylation is 1. The average molecular weight is 191 g/mol. The van der Waals surface area contributed by atoms with Gasteiger partial charge in [-0.05, 0) is 30.5 Å². The summed E-state index contributed by atoms with van der Waals surface area (Å²) >= 11 is 0. The fraction of sp³-hybridized carbons (Fsp3) is 0.273. The molecule has 0 unspecified atom stereocenters. The molecule has 0 fully saturated rings. The van der Waals surface area contributed by atoms with Gasteiger partial charge in [0.05, 0.1) is 12.9 Å². The van der Waals surface area contributed by atoms with Crippen LogP contribution in [0.3, 0.4) is 0 Å². The quantitative estimate of drug-likeness (QED) is 0.756. The number of benzene rings is 1. The van der Waals surface area contributed by atoms with Gasteiger partial charge in [-0.1, -0.05) is 12.1 Å². The molecule has 2 N–H and O–H groups in total. The number of furan rings is 1. The molecule has 0 atom stereocenters. The van der Waals surface area contributed by atoms with E-state index < -0.39 is 0 Å². The molecule has 1 heterocycles. The van der Waals surface area contributed by atoms with E-state index in [1.807, 2.05) is 19.1 Å². The van der Waals surface area contributed by atoms with Crippen molar-refractivity contribution in [1.82, 2.24) is 0 Å². The van der Waals surface area contributed by atoms with Crippen LogP contribution >= 0.6 is 0 Å². The molecule has 0 bridgehead atoms. The van der Waals surface area contributed by atoms with Crippen LogP contribution in [0.25, 0.3) is 11.0 Å². The highest BCUT2D eigenvalue weighted by Gasteiger charge is 2.06. The van der Waals surface area contributed by atoms with Crippen molar-refractivity contribution < 1.29 is 9.25 Å². The Balaban J connectivity index is 2.46. The van der Waals surface area contributed by atoms with E-state index in [1.54, 1.807) is 6.26 Å². The van der Waals surface area contributed by atoms with Crippen molar-refractivity contribution >= 4 is 11.0 Å². The number of nitrogens with two attached hydrogens (primary N) is 1. The summed E-state index contributed by atoms with van der Waals surface area (Å²) in [5, 5.41) is 1.18. The van der Waals surface area contributed by atoms with Crippen molar-refractivity contribution in [2.45, 2.75) is 13.3 Å². The molecule has 0 saturated heterocycles. The molecule has 2 rings (SSSR count). The van der Waals surface area contributed by atoms with Gasteiger partial charge in [-0.15, -0.1) is 0 Å². The highest BCUT2D eigenvalue weighted by atomic mass is 16.6. The van der Waals surface area contributed by atoms with E-state index in [0.717, 1.165) is 17.6 Å². The monoisotopic (exact) mass is 191 g/mol. The summed E-state index contributed by atoms with van der Waals surface area (Å²) in [6, 6.07) is 6.02. The molecule has 1 aromatic heterocycles. The second-order valence-corrected chi connectivity index (χ2v) is 3.33. The third kappa shape index (κ3) is 1.52. The molecule has 1 aromatic carbocycles. The van der Waals surface area contributed by atoms with E-state index in [4.69, 9.17) is 10.3 Å². The van der Waals surface area contributed by atoms with Crippen LogP contribution in [-0.2, 0) is 11.3 Å². The summed E-state index contributed by atoms with van der Waals surface area (Å²) in [4.78, 5) is 4.58. The van der Waals surface area contributed by atoms with Crippen molar-refractivity contribution in [2.75, 3.05) is 6.61 Å². The summed E-state index contributed by atoms with van der Waals surface area (Å²) in [5.74, 6) is 5.01. The normalized spacial score (nSPS) is 11.0. The van der Waals surface area contributed by atoms with Crippen molar-refractivity contribution in [1.29, 1.82) is 0 Å². The average Bonchev–Trinajstić information content (AvgIpc) is 2.58. The summed E-state index contributed by atoms with van der Waals surface area (Å²) in [5.41, 5.74) is 3.31. The molecule has 2 aromatic rings. The molecule has 14 heavy (non-hydrogen) atoms. The van der Waals surface area contributed by atoms with Crippen LogP contribution in [-0.4, -0.2) is 6.61 Å². The van der Waals surface area contributed by atoms with Crippen molar-refractivity contribution in [3.05, 3.63) is 35.6 Å². The highest BCUT2D eigenvalue weighted by Crippen LogP contribution is 2.24. The first-order chi connectivity index (χ1) is 6.83. The maximum Gasteiger partial charge on any atom is 0.134 e. The Kier molecular flexibility index (Phi) is 2.52. The first kappa shape index (κ1) is 9.24. The van der Waals surface area contributed by atoms with Crippen molar-refractivity contribution in [3.8, 4) is 0 Å². The molecule has 3 heteroatoms. The third-order valence-corrected chi connectivity index (χ3v) is 2.36. The van der Waals surface area contributed by atoms with Crippen LogP contribution < -0.4 is 5.90 Å². The van der Waals surface area contributed by atoms with E-state index in [0.29, 0.717) is 6.61 Å². The van der Waals surface area contributed by atoms with Gasteiger partial charge >= 0.3 is 0 Å². The minimum absolute atomic E-state index is 0.531. The largest absolute Gasteiger partial charge is 0.464 e. The van der Waals surface area contributed by atoms with Gasteiger partial charge in [0.25, 0.3) is 0 Å². The van der Waals surface area contributed by atoms with E-state index in [-0.39, 0.29) is 0 Å². The maximum absolute atomic E-state index is 5.40. The van der Waals surface area contributed by atoms with E-state index in [1.165, 1.54) is 10.9 Å². The summed E-state index contributed by atoms with van der Waals surface area (Å²) in [6.07, 6.45) is 2.59. The van der Waals surface area contributed by atoms with Crippen LogP contribution in [0.15, 0.2) is 28.9 Å². The Morgan fingerprint density at radius 3 is 3.07 bits per heavy atom. The van der Waals surface area contributed by atoms with E-state index in [9.17, 15) is 0 Å². The van der Waals surface area contributed by atoms with Gasteiger partial charge in [0.15, 0.2) is 0 Å². The second kappa shape index (κ2) is 3.82. The molecule has 0 spiro atoms. The topological polar surface area (TPSA) is 48.4 Å². The standard InChI is InChI=1S/C11H13NO2/c1-8-7-13-10-4-2-3-9(11(8)10)5-6-14-12/h2-4,7H,5-6,12H2,1H3. The zero-order chi connectivity index (χ0) is 9.97. The predicted molar refractivity (Wildman–Crippen MR) is 54.8 cm³/mol. The Morgan fingerprint density at radius 2 is 2.29 bits per heavy atom. The van der Waals surface area contributed by atoms with Crippen LogP contribution in [0.5, 0.6) is 0 Å². The van der Waals surface area contributed by atoms with Crippen LogP contribution in [0.4, 0.5) is 0 Å². The molecule has 0 saturated carbocycles. The summed E-state index contributed by atoms with van der Waals surface area (Å²) in [7, 11) is 0. The van der Waals surface area contributed by atoms with Gasteiger partial charge in [-0.2, -0.15) is 0 Å². The van der Waals surface area contributed by atoms with Crippen molar-refractivity contribution in [2.24, 2.45) is 5.90 Å². The van der Waals surface area contributed by atoms with Gasteiger partial charge in [0, 0.05) is 5.39 Å². The number of rotatable bonds is 3. The lowest BCUT2D eigenvalue weighted by molar-refractivity contribution is 0.141. The van der Waals surface area contributed by atoms with Crippen LogP contribution in [0, 0.1) is 6.92 Å². The van der Waals surface area contributed by atoms with E-state index in [2.05, 4.69) is 10.9 Å². The van der Waals surface area contributed by atoms with Gasteiger partial charge in [0.2, 0.25) is 0 Å². The number of hydrogen-bond donors (Lipinski definition) is 1. The molecule has 74 valence electrons. The minimum Gasteiger partial charge on any atom is -0.464 e. The van der Waals surface area contributed by atoms with Crippen molar-refractivity contribution in [3.63, 3.8) is 0 Å². The van der Waals surface area contributed by atoms with Crippen LogP contribution in [0.1, 0.15) is 11.1 Å². The zero-order valence-corrected chi connectivity index (χ0v) is 8.12. The van der Waals surface area contributed by atoms with Gasteiger partial charge < -0.3 is 9.25 Å². The fourth-order valence-corrected chi connectivity index (χ4v) is 1.71. The number of fused-ring (bicyclic) bond motifs is 1. The molecular weight excluding hydrogens is 178 g/mol. The molecule has 3 nitrogen and oxygen atoms in total. The highest BCUT2D eigenvalue weighted by molar-refractivity contribution is 5.84. The summed E-state index contributed by atoms with van der Waals surface area (Å²) in [6.45, 7) is 2.57. The van der Waals surface area contributed by atoms with Gasteiger partial charge in [-0.25, -0.2) is 5.90 Å². The zero-order valence-electron chi connectivity index (χ0n) is 8.12. The Labute approximate surface area is 82.4 Å². The first-order valence-electron chi connectivity index (χ1n) is 4.60. The van der Waals surface area contributed by atoms with E-state index >= 15 is 0 Å². The molecule has 0 aliphatic rings. The SMILES string of the molecule is Cc1coc2cccc(CCON)c12. The molecule has 0 amide bonds. The fourth-order valence-electron chi connectivity index (χ4n) is 1.71. The van der Waals surface area contributed by atoms with Crippen LogP contribution in [0.2, 0.25) is 0 Å². The molecule has 0 radical (unpaired) electrons. The molecular formula is C11H13NO2. The Hall–Kier alpha value is -1.32. The lowest BCUT2D eigenvalue weighted by atomic mass is 10.0. The third-order valence-electron chi connectivity index (χ3n) is 2.36. The predicted octanol–water partition coefficient (Wildman–Crippen LogP) is 2.17. The smallest absolute Gasteiger partial charge is 0.134 e. The minimum atomic E-state index is 0.531. The molecule has 0 aliphatic carbocycles. The first-order valence-corrected chi connectivity index (χ1v) is 4.60. The lowest BCUT2D eigenvalue weighted by Gasteiger charge is -2.02. The van der Waals surface area contributed by atoms with Gasteiger partial charge in [-0.3, -0.25) is 0 Å². The second-order valence-electron chi connectivity index (χ2n) is 3.33. The Bertz CT molecular complexity index is 434. The number of hydrogen-bond acceptors (Lipinski definition) is 3.